The monoisotopic (exact) mass is 312 g/mol. The SMILES string of the molecule is COC1CN(c2ccc(Cl)cc2CNC(C)C)CC1OC. The number of benzene rings is 1. The van der Waals surface area contributed by atoms with E-state index in [0.717, 1.165) is 24.7 Å². The molecule has 1 aliphatic heterocycles. The number of hydrogen-bond donors (Lipinski definition) is 1. The molecule has 1 aromatic rings. The second-order valence-corrected chi connectivity index (χ2v) is 6.20. The first-order chi connectivity index (χ1) is 10.0. The zero-order valence-corrected chi connectivity index (χ0v) is 14.0. The highest BCUT2D eigenvalue weighted by molar-refractivity contribution is 6.30. The lowest BCUT2D eigenvalue weighted by Gasteiger charge is -2.23. The third-order valence-electron chi connectivity index (χ3n) is 3.90. The van der Waals surface area contributed by atoms with Crippen molar-refractivity contribution in [1.29, 1.82) is 0 Å². The second-order valence-electron chi connectivity index (χ2n) is 5.76. The fraction of sp³-hybridized carbons (Fsp3) is 0.625. The molecule has 4 nitrogen and oxygen atoms in total. The number of nitrogens with one attached hydrogen (secondary N) is 1. The van der Waals surface area contributed by atoms with Gasteiger partial charge in [0.05, 0.1) is 0 Å². The van der Waals surface area contributed by atoms with Gasteiger partial charge in [0.25, 0.3) is 0 Å². The van der Waals surface area contributed by atoms with Crippen LogP contribution < -0.4 is 10.2 Å². The third kappa shape index (κ3) is 4.10. The van der Waals surface area contributed by atoms with Crippen LogP contribution in [-0.4, -0.2) is 45.6 Å². The molecule has 1 aromatic carbocycles. The molecule has 2 rings (SSSR count). The van der Waals surface area contributed by atoms with Crippen LogP contribution in [0.3, 0.4) is 0 Å². The van der Waals surface area contributed by atoms with E-state index in [4.69, 9.17) is 21.1 Å². The summed E-state index contributed by atoms with van der Waals surface area (Å²) in [4.78, 5) is 2.32. The van der Waals surface area contributed by atoms with Crippen molar-refractivity contribution >= 4 is 17.3 Å². The summed E-state index contributed by atoms with van der Waals surface area (Å²) in [6.07, 6.45) is 0.216. The number of hydrogen-bond acceptors (Lipinski definition) is 4. The molecule has 2 atom stereocenters. The number of anilines is 1. The highest BCUT2D eigenvalue weighted by Crippen LogP contribution is 2.29. The molecule has 1 N–H and O–H groups in total. The average Bonchev–Trinajstić information content (AvgIpc) is 2.88. The lowest BCUT2D eigenvalue weighted by atomic mass is 10.1. The zero-order valence-electron chi connectivity index (χ0n) is 13.2. The molecule has 1 aliphatic rings. The minimum atomic E-state index is 0.108. The molecule has 5 heteroatoms. The molecule has 118 valence electrons. The van der Waals surface area contributed by atoms with Gasteiger partial charge in [-0.25, -0.2) is 0 Å². The molecule has 1 saturated heterocycles. The van der Waals surface area contributed by atoms with Gasteiger partial charge < -0.3 is 19.7 Å². The first-order valence-corrected chi connectivity index (χ1v) is 7.75. The molecule has 0 bridgehead atoms. The predicted octanol–water partition coefficient (Wildman–Crippen LogP) is 2.69. The molecule has 0 radical (unpaired) electrons. The molecule has 2 unspecified atom stereocenters. The maximum absolute atomic E-state index is 6.16. The Labute approximate surface area is 132 Å². The minimum absolute atomic E-state index is 0.108. The Morgan fingerprint density at radius 2 is 1.86 bits per heavy atom. The van der Waals surface area contributed by atoms with Crippen LogP contribution in [0, 0.1) is 0 Å². The van der Waals surface area contributed by atoms with E-state index < -0.39 is 0 Å². The van der Waals surface area contributed by atoms with Gasteiger partial charge in [-0.2, -0.15) is 0 Å². The van der Waals surface area contributed by atoms with E-state index in [1.807, 2.05) is 12.1 Å². The lowest BCUT2D eigenvalue weighted by molar-refractivity contribution is -0.00461. The van der Waals surface area contributed by atoms with Gasteiger partial charge in [-0.15, -0.1) is 0 Å². The van der Waals surface area contributed by atoms with Crippen molar-refractivity contribution in [2.45, 2.75) is 38.6 Å². The van der Waals surface area contributed by atoms with Crippen LogP contribution in [0.1, 0.15) is 19.4 Å². The van der Waals surface area contributed by atoms with Crippen molar-refractivity contribution in [2.75, 3.05) is 32.2 Å². The van der Waals surface area contributed by atoms with E-state index in [2.05, 4.69) is 30.1 Å². The summed E-state index contributed by atoms with van der Waals surface area (Å²) in [5, 5.41) is 4.22. The summed E-state index contributed by atoms with van der Waals surface area (Å²) in [7, 11) is 3.48. The molecule has 0 aliphatic carbocycles. The Kier molecular flexibility index (Phi) is 5.88. The van der Waals surface area contributed by atoms with Gasteiger partial charge in [0.2, 0.25) is 0 Å². The molecule has 0 amide bonds. The van der Waals surface area contributed by atoms with Crippen LogP contribution in [0.15, 0.2) is 18.2 Å². The van der Waals surface area contributed by atoms with Crippen LogP contribution in [0.5, 0.6) is 0 Å². The Bertz CT molecular complexity index is 456. The van der Waals surface area contributed by atoms with Crippen LogP contribution >= 0.6 is 11.6 Å². The van der Waals surface area contributed by atoms with E-state index >= 15 is 0 Å². The van der Waals surface area contributed by atoms with E-state index in [-0.39, 0.29) is 12.2 Å². The maximum atomic E-state index is 6.16. The first-order valence-electron chi connectivity index (χ1n) is 7.37. The smallest absolute Gasteiger partial charge is 0.102 e. The number of ether oxygens (including phenoxy) is 2. The fourth-order valence-corrected chi connectivity index (χ4v) is 2.91. The molecule has 0 saturated carbocycles. The summed E-state index contributed by atoms with van der Waals surface area (Å²) >= 11 is 6.16. The van der Waals surface area contributed by atoms with Gasteiger partial charge in [0.15, 0.2) is 0 Å². The summed E-state index contributed by atoms with van der Waals surface area (Å²) < 4.78 is 11.0. The second kappa shape index (κ2) is 7.45. The molecule has 0 aromatic heterocycles. The summed E-state index contributed by atoms with van der Waals surface area (Å²) in [6.45, 7) is 6.76. The highest BCUT2D eigenvalue weighted by atomic mass is 35.5. The van der Waals surface area contributed by atoms with E-state index in [1.165, 1.54) is 11.3 Å². The number of nitrogens with zero attached hydrogens (tertiary/aromatic N) is 1. The van der Waals surface area contributed by atoms with Crippen LogP contribution in [-0.2, 0) is 16.0 Å². The normalized spacial score (nSPS) is 22.3. The van der Waals surface area contributed by atoms with Crippen LogP contribution in [0.4, 0.5) is 5.69 Å². The first kappa shape index (κ1) is 16.6. The van der Waals surface area contributed by atoms with E-state index in [0.29, 0.717) is 6.04 Å². The quantitative estimate of drug-likeness (QED) is 0.875. The van der Waals surface area contributed by atoms with Gasteiger partial charge in [0.1, 0.15) is 12.2 Å². The van der Waals surface area contributed by atoms with Gasteiger partial charge in [-0.3, -0.25) is 0 Å². The summed E-state index contributed by atoms with van der Waals surface area (Å²) in [5.41, 5.74) is 2.41. The van der Waals surface area contributed by atoms with E-state index in [1.54, 1.807) is 14.2 Å². The fourth-order valence-electron chi connectivity index (χ4n) is 2.71. The largest absolute Gasteiger partial charge is 0.377 e. The lowest BCUT2D eigenvalue weighted by Crippen LogP contribution is -2.27. The standard InChI is InChI=1S/C16H25ClN2O2/c1-11(2)18-8-12-7-13(17)5-6-14(12)19-9-15(20-3)16(10-19)21-4/h5-7,11,15-16,18H,8-10H2,1-4H3. The molecule has 1 heterocycles. The Morgan fingerprint density at radius 3 is 2.38 bits per heavy atom. The van der Waals surface area contributed by atoms with Gasteiger partial charge in [0, 0.05) is 50.6 Å². The molecule has 1 fully saturated rings. The van der Waals surface area contributed by atoms with Crippen LogP contribution in [0.25, 0.3) is 0 Å². The topological polar surface area (TPSA) is 33.7 Å². The average molecular weight is 313 g/mol. The summed E-state index contributed by atoms with van der Waals surface area (Å²) in [5.74, 6) is 0. The Balaban J connectivity index is 2.19. The zero-order chi connectivity index (χ0) is 15.4. The molecule has 21 heavy (non-hydrogen) atoms. The number of methoxy groups -OCH3 is 2. The van der Waals surface area contributed by atoms with Crippen LogP contribution in [0.2, 0.25) is 5.02 Å². The third-order valence-corrected chi connectivity index (χ3v) is 4.14. The van der Waals surface area contributed by atoms with Crippen molar-refractivity contribution in [1.82, 2.24) is 5.32 Å². The maximum Gasteiger partial charge on any atom is 0.102 e. The van der Waals surface area contributed by atoms with Crippen molar-refractivity contribution < 1.29 is 9.47 Å². The van der Waals surface area contributed by atoms with E-state index in [9.17, 15) is 0 Å². The Hall–Kier alpha value is -0.810. The van der Waals surface area contributed by atoms with Crippen molar-refractivity contribution in [3.63, 3.8) is 0 Å². The summed E-state index contributed by atoms with van der Waals surface area (Å²) in [6, 6.07) is 6.50. The number of halogens is 1. The van der Waals surface area contributed by atoms with Crippen molar-refractivity contribution in [3.05, 3.63) is 28.8 Å². The minimum Gasteiger partial charge on any atom is -0.377 e. The highest BCUT2D eigenvalue weighted by Gasteiger charge is 2.33. The van der Waals surface area contributed by atoms with Gasteiger partial charge in [-0.05, 0) is 23.8 Å². The predicted molar refractivity (Wildman–Crippen MR) is 87.2 cm³/mol. The van der Waals surface area contributed by atoms with Gasteiger partial charge >= 0.3 is 0 Å². The Morgan fingerprint density at radius 1 is 1.24 bits per heavy atom. The molecular weight excluding hydrogens is 288 g/mol. The molecule has 0 spiro atoms. The number of rotatable bonds is 6. The van der Waals surface area contributed by atoms with Crippen molar-refractivity contribution in [3.8, 4) is 0 Å². The van der Waals surface area contributed by atoms with Crippen molar-refractivity contribution in [2.24, 2.45) is 0 Å². The van der Waals surface area contributed by atoms with Gasteiger partial charge in [-0.1, -0.05) is 25.4 Å². The molecular formula is C16H25ClN2O2.